The summed E-state index contributed by atoms with van der Waals surface area (Å²) in [4.78, 5) is 0. The molecule has 2 aliphatic rings. The lowest BCUT2D eigenvalue weighted by molar-refractivity contribution is 0.791. The van der Waals surface area contributed by atoms with Gasteiger partial charge in [-0.3, -0.25) is 0 Å². The minimum atomic E-state index is -0.638. The van der Waals surface area contributed by atoms with Crippen molar-refractivity contribution in [2.24, 2.45) is 0 Å². The minimum absolute atomic E-state index is 0.638. The van der Waals surface area contributed by atoms with E-state index in [9.17, 15) is 0 Å². The zero-order valence-corrected chi connectivity index (χ0v) is 43.3. The summed E-state index contributed by atoms with van der Waals surface area (Å²) >= 11 is 0. The van der Waals surface area contributed by atoms with E-state index in [0.29, 0.717) is 0 Å². The zero-order chi connectivity index (χ0) is 52.0. The molecule has 0 amide bonds. The van der Waals surface area contributed by atoms with Crippen LogP contribution in [-0.2, 0) is 5.41 Å². The fourth-order valence-electron chi connectivity index (χ4n) is 13.7. The number of fused-ring (bicyclic) bond motifs is 12. The van der Waals surface area contributed by atoms with E-state index in [1.807, 2.05) is 0 Å². The van der Waals surface area contributed by atoms with Crippen molar-refractivity contribution in [3.8, 4) is 101 Å². The number of benzene rings is 12. The third-order valence-corrected chi connectivity index (χ3v) is 16.9. The van der Waals surface area contributed by atoms with E-state index in [4.69, 9.17) is 0 Å². The average molecular weight is 1000 g/mol. The lowest BCUT2D eigenvalue weighted by Crippen LogP contribution is -2.26. The molecule has 0 fully saturated rings. The predicted molar refractivity (Wildman–Crippen MR) is 329 cm³/mol. The zero-order valence-electron chi connectivity index (χ0n) is 43.3. The van der Waals surface area contributed by atoms with Crippen LogP contribution in [0.25, 0.3) is 122 Å². The fourth-order valence-corrected chi connectivity index (χ4v) is 13.7. The van der Waals surface area contributed by atoms with Gasteiger partial charge in [-0.1, -0.05) is 255 Å². The van der Waals surface area contributed by atoms with E-state index in [1.54, 1.807) is 0 Å². The van der Waals surface area contributed by atoms with Crippen molar-refractivity contribution in [1.29, 1.82) is 0 Å². The molecule has 12 aromatic carbocycles. The maximum absolute atomic E-state index is 2.55. The molecule has 0 unspecified atom stereocenters. The molecule has 2 heterocycles. The van der Waals surface area contributed by atoms with Gasteiger partial charge in [-0.05, 0) is 138 Å². The van der Waals surface area contributed by atoms with Crippen molar-refractivity contribution in [3.05, 3.63) is 326 Å². The number of rotatable bonds is 8. The highest BCUT2D eigenvalue weighted by molar-refractivity contribution is 6.09. The smallest absolute Gasteiger partial charge is 0.0727 e. The molecule has 14 aromatic rings. The molecule has 0 saturated carbocycles. The highest BCUT2D eigenvalue weighted by Crippen LogP contribution is 2.64. The van der Waals surface area contributed by atoms with Crippen LogP contribution >= 0.6 is 0 Å². The van der Waals surface area contributed by atoms with E-state index in [1.165, 1.54) is 111 Å². The third-order valence-electron chi connectivity index (χ3n) is 16.9. The monoisotopic (exact) mass is 1000 g/mol. The van der Waals surface area contributed by atoms with Gasteiger partial charge in [-0.25, -0.2) is 0 Å². The molecule has 0 atom stereocenters. The van der Waals surface area contributed by atoms with Crippen LogP contribution in [0, 0.1) is 0 Å². The Morgan fingerprint density at radius 2 is 0.532 bits per heavy atom. The standard InChI is InChI=1S/C77H50N2/c1-7-23-51(24-8-1)57-39-45-71-65(47-57)73(53-27-11-3-12-28-53)75(55-31-15-5-16-32-55)78(71)59-41-43-63-64-44-42-60(50-70(64)77(69(63)49-59)67-37-21-19-35-61(67)62-36-20-22-38-68(62)77)79-72-46-40-58(52-25-9-2-10-26-52)48-66(72)74(54-29-13-4-14-30-54)76(79)56-33-17-6-18-34-56/h1-50H. The molecule has 0 saturated heterocycles. The maximum Gasteiger partial charge on any atom is 0.0727 e. The SMILES string of the molecule is c1ccc(-c2ccc3c(c2)c(-c2ccccc2)c(-c2ccccc2)n3-c2ccc3c(c2)C2(c4ccccc4-c4ccccc42)c2cc(-n4c(-c5ccccc5)c(-c5ccccc5)c5cc(-c6ccccc6)ccc54)ccc2-3)cc1. The third kappa shape index (κ3) is 6.78. The van der Waals surface area contributed by atoms with E-state index >= 15 is 0 Å². The Hall–Kier alpha value is -10.3. The quantitative estimate of drug-likeness (QED) is 0.144. The Kier molecular flexibility index (Phi) is 10.2. The van der Waals surface area contributed by atoms with Crippen LogP contribution in [0.3, 0.4) is 0 Å². The molecule has 16 rings (SSSR count). The highest BCUT2D eigenvalue weighted by Gasteiger charge is 2.52. The molecule has 2 aromatic heterocycles. The first-order chi connectivity index (χ1) is 39.2. The molecule has 2 heteroatoms. The van der Waals surface area contributed by atoms with Gasteiger partial charge in [0.25, 0.3) is 0 Å². The van der Waals surface area contributed by atoms with Crippen LogP contribution in [0.5, 0.6) is 0 Å². The van der Waals surface area contributed by atoms with Gasteiger partial charge < -0.3 is 9.13 Å². The summed E-state index contributed by atoms with van der Waals surface area (Å²) in [6.45, 7) is 0. The average Bonchev–Trinajstić information content (AvgIpc) is 3.48. The molecule has 2 nitrogen and oxygen atoms in total. The van der Waals surface area contributed by atoms with Crippen LogP contribution in [0.2, 0.25) is 0 Å². The van der Waals surface area contributed by atoms with Crippen LogP contribution in [0.1, 0.15) is 22.3 Å². The fraction of sp³-hybridized carbons (Fsp3) is 0.0130. The van der Waals surface area contributed by atoms with Crippen molar-refractivity contribution in [1.82, 2.24) is 9.13 Å². The van der Waals surface area contributed by atoms with Crippen molar-refractivity contribution < 1.29 is 0 Å². The van der Waals surface area contributed by atoms with Crippen LogP contribution in [0.4, 0.5) is 0 Å². The van der Waals surface area contributed by atoms with Crippen molar-refractivity contribution in [2.75, 3.05) is 0 Å². The molecule has 0 radical (unpaired) electrons. The molecular weight excluding hydrogens is 953 g/mol. The first-order valence-electron chi connectivity index (χ1n) is 27.4. The Balaban J connectivity index is 0.986. The molecule has 0 bridgehead atoms. The Morgan fingerprint density at radius 1 is 0.215 bits per heavy atom. The van der Waals surface area contributed by atoms with Crippen LogP contribution in [0.15, 0.2) is 303 Å². The van der Waals surface area contributed by atoms with E-state index in [0.717, 1.165) is 33.5 Å². The van der Waals surface area contributed by atoms with E-state index in [2.05, 4.69) is 312 Å². The van der Waals surface area contributed by atoms with E-state index in [-0.39, 0.29) is 0 Å². The highest BCUT2D eigenvalue weighted by atomic mass is 15.0. The number of hydrogen-bond acceptors (Lipinski definition) is 0. The van der Waals surface area contributed by atoms with Gasteiger partial charge in [0.05, 0.1) is 27.8 Å². The summed E-state index contributed by atoms with van der Waals surface area (Å²) < 4.78 is 5.09. The molecule has 368 valence electrons. The Labute approximate surface area is 460 Å². The summed E-state index contributed by atoms with van der Waals surface area (Å²) in [6.07, 6.45) is 0. The van der Waals surface area contributed by atoms with Gasteiger partial charge >= 0.3 is 0 Å². The second kappa shape index (κ2) is 17.9. The van der Waals surface area contributed by atoms with Gasteiger partial charge in [-0.2, -0.15) is 0 Å². The minimum Gasteiger partial charge on any atom is -0.309 e. The van der Waals surface area contributed by atoms with Crippen molar-refractivity contribution in [2.45, 2.75) is 5.41 Å². The lowest BCUT2D eigenvalue weighted by atomic mass is 9.70. The van der Waals surface area contributed by atoms with Crippen LogP contribution < -0.4 is 0 Å². The van der Waals surface area contributed by atoms with Crippen LogP contribution in [-0.4, -0.2) is 9.13 Å². The topological polar surface area (TPSA) is 9.86 Å². The van der Waals surface area contributed by atoms with Gasteiger partial charge in [-0.15, -0.1) is 0 Å². The number of nitrogens with zero attached hydrogens (tertiary/aromatic N) is 2. The molecule has 79 heavy (non-hydrogen) atoms. The molecule has 0 N–H and O–H groups in total. The van der Waals surface area contributed by atoms with Crippen molar-refractivity contribution in [3.63, 3.8) is 0 Å². The van der Waals surface area contributed by atoms with E-state index < -0.39 is 5.41 Å². The van der Waals surface area contributed by atoms with Gasteiger partial charge in [0.1, 0.15) is 0 Å². The number of aromatic nitrogens is 2. The normalized spacial score (nSPS) is 12.7. The first kappa shape index (κ1) is 45.0. The first-order valence-corrected chi connectivity index (χ1v) is 27.4. The second-order valence-electron chi connectivity index (χ2n) is 21.1. The van der Waals surface area contributed by atoms with Gasteiger partial charge in [0.2, 0.25) is 0 Å². The Bertz CT molecular complexity index is 4360. The Morgan fingerprint density at radius 3 is 0.911 bits per heavy atom. The molecular formula is C77H50N2. The predicted octanol–water partition coefficient (Wildman–Crippen LogP) is 19.9. The summed E-state index contributed by atoms with van der Waals surface area (Å²) in [6, 6.07) is 113. The second-order valence-corrected chi connectivity index (χ2v) is 21.1. The summed E-state index contributed by atoms with van der Waals surface area (Å²) in [5, 5.41) is 2.43. The molecule has 2 aliphatic carbocycles. The van der Waals surface area contributed by atoms with Gasteiger partial charge in [0.15, 0.2) is 0 Å². The maximum atomic E-state index is 2.55. The number of hydrogen-bond donors (Lipinski definition) is 0. The molecule has 1 spiro atoms. The van der Waals surface area contributed by atoms with Crippen molar-refractivity contribution >= 4 is 21.8 Å². The largest absolute Gasteiger partial charge is 0.309 e. The summed E-state index contributed by atoms with van der Waals surface area (Å²) in [7, 11) is 0. The summed E-state index contributed by atoms with van der Waals surface area (Å²) in [5.74, 6) is 0. The molecule has 0 aliphatic heterocycles. The summed E-state index contributed by atoms with van der Waals surface area (Å²) in [5.41, 5.74) is 28.4. The van der Waals surface area contributed by atoms with Gasteiger partial charge in [0, 0.05) is 33.3 Å². The lowest BCUT2D eigenvalue weighted by Gasteiger charge is -2.31.